The zero-order chi connectivity index (χ0) is 17.5. The van der Waals surface area contributed by atoms with E-state index in [1.807, 2.05) is 48.5 Å². The zero-order valence-electron chi connectivity index (χ0n) is 13.7. The first-order chi connectivity index (χ1) is 12.2. The lowest BCUT2D eigenvalue weighted by Crippen LogP contribution is -2.21. The first kappa shape index (κ1) is 16.6. The van der Waals surface area contributed by atoms with Gasteiger partial charge in [0.15, 0.2) is 0 Å². The number of rotatable bonds is 6. The van der Waals surface area contributed by atoms with Gasteiger partial charge < -0.3 is 4.74 Å². The van der Waals surface area contributed by atoms with Crippen LogP contribution < -0.4 is 5.56 Å². The summed E-state index contributed by atoms with van der Waals surface area (Å²) in [4.78, 5) is 28.3. The third-order valence-electron chi connectivity index (χ3n) is 3.73. The lowest BCUT2D eigenvalue weighted by atomic mass is 10.2. The van der Waals surface area contributed by atoms with Gasteiger partial charge in [0.05, 0.1) is 23.8 Å². The fraction of sp³-hybridized carbons (Fsp3) is 0.150. The summed E-state index contributed by atoms with van der Waals surface area (Å²) in [6.45, 7) is 0.698. The van der Waals surface area contributed by atoms with Crippen molar-refractivity contribution in [3.05, 3.63) is 82.9 Å². The van der Waals surface area contributed by atoms with E-state index < -0.39 is 5.97 Å². The van der Waals surface area contributed by atoms with Crippen LogP contribution in [0.2, 0.25) is 0 Å². The summed E-state index contributed by atoms with van der Waals surface area (Å²) in [6, 6.07) is 16.8. The van der Waals surface area contributed by atoms with Crippen LogP contribution in [0.1, 0.15) is 12.0 Å². The SMILES string of the molecule is O=C(/C=C/c1ccccc1)OCCCn1cnc2ccccc2c1=O. The van der Waals surface area contributed by atoms with Crippen LogP contribution >= 0.6 is 0 Å². The van der Waals surface area contributed by atoms with E-state index in [2.05, 4.69) is 4.98 Å². The number of nitrogens with zero attached hydrogens (tertiary/aromatic N) is 2. The molecule has 0 atom stereocenters. The Kier molecular flexibility index (Phi) is 5.36. The minimum Gasteiger partial charge on any atom is -0.462 e. The normalized spacial score (nSPS) is 11.0. The van der Waals surface area contributed by atoms with Crippen LogP contribution in [0.3, 0.4) is 0 Å². The first-order valence-electron chi connectivity index (χ1n) is 8.08. The van der Waals surface area contributed by atoms with Crippen LogP contribution in [0.5, 0.6) is 0 Å². The van der Waals surface area contributed by atoms with Crippen molar-refractivity contribution < 1.29 is 9.53 Å². The van der Waals surface area contributed by atoms with Crippen molar-refractivity contribution in [2.75, 3.05) is 6.61 Å². The number of carbonyl (C=O) groups excluding carboxylic acids is 1. The molecule has 2 aromatic carbocycles. The quantitative estimate of drug-likeness (QED) is 0.395. The van der Waals surface area contributed by atoms with Gasteiger partial charge in [-0.25, -0.2) is 9.78 Å². The van der Waals surface area contributed by atoms with Crippen LogP contribution in [0.25, 0.3) is 17.0 Å². The number of aryl methyl sites for hydroxylation is 1. The van der Waals surface area contributed by atoms with Crippen LogP contribution in [-0.2, 0) is 16.1 Å². The maximum Gasteiger partial charge on any atom is 0.330 e. The first-order valence-corrected chi connectivity index (χ1v) is 8.08. The Labute approximate surface area is 145 Å². The molecule has 0 aliphatic carbocycles. The number of benzene rings is 2. The summed E-state index contributed by atoms with van der Waals surface area (Å²) in [5.74, 6) is -0.396. The van der Waals surface area contributed by atoms with E-state index in [1.54, 1.807) is 12.1 Å². The molecule has 126 valence electrons. The van der Waals surface area contributed by atoms with Gasteiger partial charge in [0.25, 0.3) is 5.56 Å². The number of hydrogen-bond donors (Lipinski definition) is 0. The molecule has 0 spiro atoms. The molecular formula is C20H18N2O3. The van der Waals surface area contributed by atoms with Gasteiger partial charge in [-0.3, -0.25) is 9.36 Å². The molecule has 0 aliphatic heterocycles. The minimum absolute atomic E-state index is 0.0825. The van der Waals surface area contributed by atoms with Crippen LogP contribution in [0.15, 0.2) is 71.8 Å². The highest BCUT2D eigenvalue weighted by molar-refractivity contribution is 5.87. The third-order valence-corrected chi connectivity index (χ3v) is 3.73. The van der Waals surface area contributed by atoms with Crippen molar-refractivity contribution in [3.63, 3.8) is 0 Å². The summed E-state index contributed by atoms with van der Waals surface area (Å²) >= 11 is 0. The number of fused-ring (bicyclic) bond motifs is 1. The van der Waals surface area contributed by atoms with E-state index >= 15 is 0 Å². The summed E-state index contributed by atoms with van der Waals surface area (Å²) in [7, 11) is 0. The summed E-state index contributed by atoms with van der Waals surface area (Å²) in [5, 5.41) is 0.591. The standard InChI is InChI=1S/C20H18N2O3/c23-19(12-11-16-7-2-1-3-8-16)25-14-6-13-22-15-21-18-10-5-4-9-17(18)20(22)24/h1-5,7-12,15H,6,13-14H2/b12-11+. The lowest BCUT2D eigenvalue weighted by molar-refractivity contribution is -0.137. The Morgan fingerprint density at radius 1 is 1.08 bits per heavy atom. The fourth-order valence-electron chi connectivity index (χ4n) is 2.45. The molecule has 0 amide bonds. The average molecular weight is 334 g/mol. The lowest BCUT2D eigenvalue weighted by Gasteiger charge is -2.06. The van der Waals surface area contributed by atoms with E-state index in [-0.39, 0.29) is 12.2 Å². The molecule has 0 aliphatic rings. The molecule has 1 heterocycles. The predicted octanol–water partition coefficient (Wildman–Crippen LogP) is 3.04. The van der Waals surface area contributed by atoms with Crippen molar-refractivity contribution in [3.8, 4) is 0 Å². The predicted molar refractivity (Wildman–Crippen MR) is 97.1 cm³/mol. The van der Waals surface area contributed by atoms with Crippen molar-refractivity contribution in [2.45, 2.75) is 13.0 Å². The third kappa shape index (κ3) is 4.41. The molecule has 3 aromatic rings. The highest BCUT2D eigenvalue weighted by atomic mass is 16.5. The number of aromatic nitrogens is 2. The number of hydrogen-bond acceptors (Lipinski definition) is 4. The topological polar surface area (TPSA) is 61.2 Å². The van der Waals surface area contributed by atoms with Crippen LogP contribution in [0.4, 0.5) is 0 Å². The number of carbonyl (C=O) groups is 1. The van der Waals surface area contributed by atoms with E-state index in [0.717, 1.165) is 5.56 Å². The molecule has 5 heteroatoms. The maximum absolute atomic E-state index is 12.3. The van der Waals surface area contributed by atoms with Gasteiger partial charge in [-0.2, -0.15) is 0 Å². The molecule has 0 saturated carbocycles. The second kappa shape index (κ2) is 8.06. The van der Waals surface area contributed by atoms with Crippen molar-refractivity contribution in [2.24, 2.45) is 0 Å². The van der Waals surface area contributed by atoms with E-state index in [1.165, 1.54) is 17.0 Å². The highest BCUT2D eigenvalue weighted by Crippen LogP contribution is 2.05. The zero-order valence-corrected chi connectivity index (χ0v) is 13.7. The summed E-state index contributed by atoms with van der Waals surface area (Å²) < 4.78 is 6.69. The molecule has 0 fully saturated rings. The minimum atomic E-state index is -0.396. The fourth-order valence-corrected chi connectivity index (χ4v) is 2.45. The van der Waals surface area contributed by atoms with Gasteiger partial charge in [0.2, 0.25) is 0 Å². The van der Waals surface area contributed by atoms with Gasteiger partial charge in [-0.05, 0) is 30.2 Å². The second-order valence-corrected chi connectivity index (χ2v) is 5.53. The van der Waals surface area contributed by atoms with E-state index in [4.69, 9.17) is 4.74 Å². The van der Waals surface area contributed by atoms with E-state index in [9.17, 15) is 9.59 Å². The molecule has 25 heavy (non-hydrogen) atoms. The number of esters is 1. The van der Waals surface area contributed by atoms with Crippen molar-refractivity contribution in [1.82, 2.24) is 9.55 Å². The number of ether oxygens (including phenoxy) is 1. The molecular weight excluding hydrogens is 316 g/mol. The maximum atomic E-state index is 12.3. The monoisotopic (exact) mass is 334 g/mol. The molecule has 0 unspecified atom stereocenters. The Balaban J connectivity index is 1.50. The molecule has 0 bridgehead atoms. The van der Waals surface area contributed by atoms with Crippen molar-refractivity contribution >= 4 is 22.9 Å². The Morgan fingerprint density at radius 3 is 2.68 bits per heavy atom. The van der Waals surface area contributed by atoms with Crippen LogP contribution in [0, 0.1) is 0 Å². The molecule has 0 radical (unpaired) electrons. The van der Waals surface area contributed by atoms with Gasteiger partial charge in [0.1, 0.15) is 0 Å². The average Bonchev–Trinajstić information content (AvgIpc) is 2.66. The molecule has 0 N–H and O–H groups in total. The number of para-hydroxylation sites is 1. The van der Waals surface area contributed by atoms with Gasteiger partial charge in [-0.15, -0.1) is 0 Å². The molecule has 0 saturated heterocycles. The smallest absolute Gasteiger partial charge is 0.330 e. The van der Waals surface area contributed by atoms with Gasteiger partial charge in [-0.1, -0.05) is 42.5 Å². The molecule has 3 rings (SSSR count). The highest BCUT2D eigenvalue weighted by Gasteiger charge is 2.03. The Bertz CT molecular complexity index is 946. The Morgan fingerprint density at radius 2 is 1.84 bits per heavy atom. The summed E-state index contributed by atoms with van der Waals surface area (Å²) in [6.07, 6.45) is 5.19. The second-order valence-electron chi connectivity index (χ2n) is 5.53. The van der Waals surface area contributed by atoms with E-state index in [0.29, 0.717) is 23.9 Å². The van der Waals surface area contributed by atoms with Crippen molar-refractivity contribution in [1.29, 1.82) is 0 Å². The van der Waals surface area contributed by atoms with Gasteiger partial charge >= 0.3 is 5.97 Å². The molecule has 1 aromatic heterocycles. The van der Waals surface area contributed by atoms with Gasteiger partial charge in [0, 0.05) is 12.6 Å². The Hall–Kier alpha value is -3.21. The van der Waals surface area contributed by atoms with Crippen LogP contribution in [-0.4, -0.2) is 22.1 Å². The molecule has 5 nitrogen and oxygen atoms in total. The summed E-state index contributed by atoms with van der Waals surface area (Å²) in [5.41, 5.74) is 1.54. The largest absolute Gasteiger partial charge is 0.462 e.